The molecule has 10 radical (unpaired) electrons. The van der Waals surface area contributed by atoms with E-state index in [9.17, 15) is 0 Å². The smallest absolute Gasteiger partial charge is 0 e. The molecule has 0 saturated heterocycles. The molecule has 0 rings (SSSR count). The van der Waals surface area contributed by atoms with Gasteiger partial charge < -0.3 is 0 Å². The summed E-state index contributed by atoms with van der Waals surface area (Å²) in [5, 5.41) is 0. The molecular weight excluding hydrogens is 621 g/mol. The van der Waals surface area contributed by atoms with Gasteiger partial charge in [0.1, 0.15) is 0 Å². The molecule has 0 aromatic rings. The molecule has 0 aliphatic carbocycles. The van der Waals surface area contributed by atoms with Gasteiger partial charge in [-0.1, -0.05) is 0 Å². The summed E-state index contributed by atoms with van der Waals surface area (Å²) in [6, 6.07) is 0. The van der Waals surface area contributed by atoms with Crippen molar-refractivity contribution in [2.24, 2.45) is 0 Å². The van der Waals surface area contributed by atoms with Crippen molar-refractivity contribution in [1.29, 1.82) is 0 Å². The van der Waals surface area contributed by atoms with Crippen LogP contribution in [0.2, 0.25) is 0 Å². The molecule has 0 bridgehead atoms. The first-order valence-corrected chi connectivity index (χ1v) is 0. The van der Waals surface area contributed by atoms with Crippen molar-refractivity contribution in [1.82, 2.24) is 0 Å². The Hall–Kier alpha value is 4.97. The molecule has 72 valence electrons. The van der Waals surface area contributed by atoms with Crippen LogP contribution in [-0.2, 0) is 19.5 Å². The van der Waals surface area contributed by atoms with Gasteiger partial charge in [-0.25, -0.2) is 0 Å². The van der Waals surface area contributed by atoms with E-state index < -0.39 is 0 Å². The van der Waals surface area contributed by atoms with Crippen LogP contribution in [0.15, 0.2) is 0 Å². The second-order valence-electron chi connectivity index (χ2n) is 0. The number of hydrogen-bond donors (Lipinski definition) is 0. The summed E-state index contributed by atoms with van der Waals surface area (Å²) in [7, 11) is 0. The minimum absolute atomic E-state index is 0. The van der Waals surface area contributed by atoms with Gasteiger partial charge in [0.15, 0.2) is 0 Å². The fourth-order valence-corrected chi connectivity index (χ4v) is 0. The molecule has 0 saturated carbocycles. The average molecular weight is 631 g/mol. The maximum Gasteiger partial charge on any atom is 0 e. The van der Waals surface area contributed by atoms with E-state index in [2.05, 4.69) is 0 Å². The van der Waals surface area contributed by atoms with E-state index in [-0.39, 0.29) is 172 Å². The Labute approximate surface area is 169 Å². The van der Waals surface area contributed by atoms with Crippen molar-refractivity contribution in [3.05, 3.63) is 0 Å². The van der Waals surface area contributed by atoms with Gasteiger partial charge in [-0.2, -0.15) is 67.5 Å². The van der Waals surface area contributed by atoms with Gasteiger partial charge >= 0.3 is 0 Å². The molecule has 0 aromatic heterocycles. The molecule has 11 heteroatoms. The minimum atomic E-state index is 0. The van der Waals surface area contributed by atoms with Crippen LogP contribution >= 0.6 is 67.5 Å². The predicted octanol–water partition coefficient (Wildman–Crippen LogP) is -1.34. The molecule has 0 aliphatic heterocycles. The third-order valence-corrected chi connectivity index (χ3v) is 0. The third-order valence-electron chi connectivity index (χ3n) is 0. The van der Waals surface area contributed by atoms with E-state index in [4.69, 9.17) is 0 Å². The molecule has 0 fully saturated rings. The van der Waals surface area contributed by atoms with Crippen molar-refractivity contribution in [3.63, 3.8) is 0 Å². The Bertz CT molecular complexity index is 14.8. The fraction of sp³-hybridized carbons (Fsp3) is 0. The van der Waals surface area contributed by atoms with Crippen LogP contribution in [0.25, 0.3) is 0 Å². The van der Waals surface area contributed by atoms with E-state index in [0.29, 0.717) is 0 Å². The van der Waals surface area contributed by atoms with Gasteiger partial charge in [0.2, 0.25) is 0 Å². The van der Waals surface area contributed by atoms with Gasteiger partial charge in [-0.05, 0) is 0 Å². The monoisotopic (exact) mass is 633 g/mol. The zero-order valence-electron chi connectivity index (χ0n) is 5.25. The maximum atomic E-state index is 0. The van der Waals surface area contributed by atoms with E-state index in [1.807, 2.05) is 0 Å². The second kappa shape index (κ2) is 118. The summed E-state index contributed by atoms with van der Waals surface area (Å²) >= 11 is 0. The first-order valence-electron chi connectivity index (χ1n) is 0. The molecule has 0 atom stereocenters. The Morgan fingerprint density at radius 1 is 0.273 bits per heavy atom. The molecule has 0 amide bonds. The second-order valence-corrected chi connectivity index (χ2v) is 0. The van der Waals surface area contributed by atoms with E-state index in [1.54, 1.807) is 0 Å². The van der Waals surface area contributed by atoms with Crippen molar-refractivity contribution < 1.29 is 19.5 Å². The standard InChI is InChI=1S/5H2S.5Se.Zn/h5*1H2;;;;;;. The van der Waals surface area contributed by atoms with E-state index in [0.717, 1.165) is 0 Å². The summed E-state index contributed by atoms with van der Waals surface area (Å²) in [6.07, 6.45) is 0. The summed E-state index contributed by atoms with van der Waals surface area (Å²) in [6.45, 7) is 0. The Morgan fingerprint density at radius 2 is 0.273 bits per heavy atom. The Morgan fingerprint density at radius 3 is 0.273 bits per heavy atom. The van der Waals surface area contributed by atoms with Crippen LogP contribution in [0.5, 0.6) is 0 Å². The summed E-state index contributed by atoms with van der Waals surface area (Å²) < 4.78 is 0. The SMILES string of the molecule is S.S.S.S.S.[Se].[Se].[Se].[Se].[Se].[Zn]. The topological polar surface area (TPSA) is 0 Å². The number of rotatable bonds is 0. The molecular formula is H10S5Se5Zn. The van der Waals surface area contributed by atoms with E-state index in [1.165, 1.54) is 0 Å². The van der Waals surface area contributed by atoms with Crippen LogP contribution in [0.3, 0.4) is 0 Å². The minimum Gasteiger partial charge on any atom is -0.197 e. The van der Waals surface area contributed by atoms with E-state index >= 15 is 0 Å². The van der Waals surface area contributed by atoms with Gasteiger partial charge in [-0.3, -0.25) is 0 Å². The largest absolute Gasteiger partial charge is 0.197 e. The van der Waals surface area contributed by atoms with Crippen LogP contribution in [-0.4, -0.2) is 85.3 Å². The Kier molecular flexibility index (Phi) is 1560. The van der Waals surface area contributed by atoms with Crippen molar-refractivity contribution in [3.8, 4) is 0 Å². The van der Waals surface area contributed by atoms with Crippen LogP contribution < -0.4 is 0 Å². The first kappa shape index (κ1) is 145. The molecule has 0 N–H and O–H groups in total. The van der Waals surface area contributed by atoms with Gasteiger partial charge in [0.05, 0.1) is 0 Å². The molecule has 11 heavy (non-hydrogen) atoms. The third kappa shape index (κ3) is 102. The molecule has 0 heterocycles. The van der Waals surface area contributed by atoms with Gasteiger partial charge in [0, 0.05) is 105 Å². The molecule has 0 aromatic carbocycles. The number of hydrogen-bond acceptors (Lipinski definition) is 0. The van der Waals surface area contributed by atoms with Crippen LogP contribution in [0.4, 0.5) is 0 Å². The summed E-state index contributed by atoms with van der Waals surface area (Å²) in [5.74, 6) is 0. The van der Waals surface area contributed by atoms with Gasteiger partial charge in [-0.15, -0.1) is 0 Å². The molecule has 0 nitrogen and oxygen atoms in total. The molecule has 0 aliphatic rings. The fourth-order valence-electron chi connectivity index (χ4n) is 0. The molecule has 0 spiro atoms. The van der Waals surface area contributed by atoms with Crippen molar-refractivity contribution in [2.45, 2.75) is 0 Å². The molecule has 0 unspecified atom stereocenters. The zero-order chi connectivity index (χ0) is 0. The Balaban J connectivity index is 0. The van der Waals surface area contributed by atoms with Crippen molar-refractivity contribution in [2.75, 3.05) is 0 Å². The van der Waals surface area contributed by atoms with Crippen molar-refractivity contribution >= 4 is 153 Å². The predicted molar refractivity (Wildman–Crippen MR) is 80.7 cm³/mol. The van der Waals surface area contributed by atoms with Crippen LogP contribution in [0, 0.1) is 0 Å². The zero-order valence-corrected chi connectivity index (χ0v) is 21.8. The first-order chi connectivity index (χ1) is 0. The van der Waals surface area contributed by atoms with Crippen LogP contribution in [0.1, 0.15) is 0 Å². The quantitative estimate of drug-likeness (QED) is 0.291. The summed E-state index contributed by atoms with van der Waals surface area (Å²) in [5.41, 5.74) is 0. The normalized spacial score (nSPS) is 0. The van der Waals surface area contributed by atoms with Gasteiger partial charge in [0.25, 0.3) is 0 Å². The average Bonchev–Trinajstić information content (AvgIpc) is 0. The maximum absolute atomic E-state index is 0. The summed E-state index contributed by atoms with van der Waals surface area (Å²) in [4.78, 5) is 0.